The number of hydrogen-bond acceptors (Lipinski definition) is 2. The molecule has 1 aromatic rings. The summed E-state index contributed by atoms with van der Waals surface area (Å²) >= 11 is 0. The molecule has 3 heteroatoms. The van der Waals surface area contributed by atoms with E-state index in [2.05, 4.69) is 11.4 Å². The standard InChI is InChI=1S/C10H13N3/c11-10(12)8-1-2-9-6-13-4-3-7(9)5-8/h1-2,5,13H,3-4,6H2,(H3,11,12). The average molecular weight is 175 g/mol. The van der Waals surface area contributed by atoms with E-state index in [9.17, 15) is 0 Å². The van der Waals surface area contributed by atoms with Crippen LogP contribution in [0.25, 0.3) is 0 Å². The Morgan fingerprint density at radius 1 is 1.38 bits per heavy atom. The molecule has 1 heterocycles. The second kappa shape index (κ2) is 3.18. The van der Waals surface area contributed by atoms with Crippen LogP contribution in [-0.4, -0.2) is 12.4 Å². The van der Waals surface area contributed by atoms with Crippen LogP contribution in [-0.2, 0) is 13.0 Å². The second-order valence-electron chi connectivity index (χ2n) is 3.32. The van der Waals surface area contributed by atoms with Gasteiger partial charge in [0.2, 0.25) is 0 Å². The third kappa shape index (κ3) is 1.55. The van der Waals surface area contributed by atoms with Crippen molar-refractivity contribution < 1.29 is 0 Å². The molecule has 0 unspecified atom stereocenters. The van der Waals surface area contributed by atoms with Crippen molar-refractivity contribution in [1.29, 1.82) is 5.41 Å². The van der Waals surface area contributed by atoms with Gasteiger partial charge >= 0.3 is 0 Å². The van der Waals surface area contributed by atoms with E-state index in [4.69, 9.17) is 11.1 Å². The fourth-order valence-electron chi connectivity index (χ4n) is 1.64. The molecule has 68 valence electrons. The Labute approximate surface area is 77.5 Å². The third-order valence-corrected chi connectivity index (χ3v) is 2.40. The molecule has 2 rings (SSSR count). The molecular weight excluding hydrogens is 162 g/mol. The second-order valence-corrected chi connectivity index (χ2v) is 3.32. The van der Waals surface area contributed by atoms with E-state index >= 15 is 0 Å². The molecule has 1 aliphatic rings. The van der Waals surface area contributed by atoms with Crippen molar-refractivity contribution in [3.05, 3.63) is 34.9 Å². The normalized spacial score (nSPS) is 15.1. The molecule has 0 saturated carbocycles. The van der Waals surface area contributed by atoms with Crippen molar-refractivity contribution in [2.45, 2.75) is 13.0 Å². The molecule has 0 radical (unpaired) electrons. The van der Waals surface area contributed by atoms with Crippen LogP contribution in [0.1, 0.15) is 16.7 Å². The lowest BCUT2D eigenvalue weighted by molar-refractivity contribution is 0.643. The minimum absolute atomic E-state index is 0.154. The van der Waals surface area contributed by atoms with Gasteiger partial charge in [-0.15, -0.1) is 0 Å². The minimum Gasteiger partial charge on any atom is -0.384 e. The summed E-state index contributed by atoms with van der Waals surface area (Å²) in [6, 6.07) is 5.99. The Kier molecular flexibility index (Phi) is 2.02. The number of rotatable bonds is 1. The van der Waals surface area contributed by atoms with Crippen LogP contribution < -0.4 is 11.1 Å². The molecule has 0 fully saturated rings. The first kappa shape index (κ1) is 8.26. The monoisotopic (exact) mass is 175 g/mol. The summed E-state index contributed by atoms with van der Waals surface area (Å²) < 4.78 is 0. The predicted octanol–water partition coefficient (Wildman–Crippen LogP) is 0.616. The number of fused-ring (bicyclic) bond motifs is 1. The van der Waals surface area contributed by atoms with Gasteiger partial charge in [0.15, 0.2) is 0 Å². The van der Waals surface area contributed by atoms with E-state index in [1.165, 1.54) is 11.1 Å². The first-order valence-electron chi connectivity index (χ1n) is 4.44. The molecule has 0 bridgehead atoms. The first-order valence-corrected chi connectivity index (χ1v) is 4.44. The van der Waals surface area contributed by atoms with Gasteiger partial charge in [-0.1, -0.05) is 12.1 Å². The van der Waals surface area contributed by atoms with Crippen molar-refractivity contribution in [1.82, 2.24) is 5.32 Å². The number of amidine groups is 1. The summed E-state index contributed by atoms with van der Waals surface area (Å²) in [5, 5.41) is 10.6. The van der Waals surface area contributed by atoms with Crippen molar-refractivity contribution >= 4 is 5.84 Å². The number of nitrogen functional groups attached to an aromatic ring is 1. The van der Waals surface area contributed by atoms with Crippen molar-refractivity contribution in [3.63, 3.8) is 0 Å². The molecule has 4 N–H and O–H groups in total. The van der Waals surface area contributed by atoms with E-state index in [1.54, 1.807) is 0 Å². The van der Waals surface area contributed by atoms with E-state index in [1.807, 2.05) is 12.1 Å². The molecule has 0 amide bonds. The maximum atomic E-state index is 7.31. The molecule has 0 aliphatic carbocycles. The zero-order chi connectivity index (χ0) is 9.26. The molecule has 3 nitrogen and oxygen atoms in total. The first-order chi connectivity index (χ1) is 6.27. The third-order valence-electron chi connectivity index (χ3n) is 2.40. The number of nitrogens with one attached hydrogen (secondary N) is 2. The highest BCUT2D eigenvalue weighted by molar-refractivity contribution is 5.95. The summed E-state index contributed by atoms with van der Waals surface area (Å²) in [4.78, 5) is 0. The molecule has 0 aromatic heterocycles. The van der Waals surface area contributed by atoms with Gasteiger partial charge in [0.05, 0.1) is 0 Å². The molecule has 1 aromatic carbocycles. The van der Waals surface area contributed by atoms with Crippen molar-refractivity contribution in [2.24, 2.45) is 5.73 Å². The zero-order valence-corrected chi connectivity index (χ0v) is 7.43. The smallest absolute Gasteiger partial charge is 0.122 e. The van der Waals surface area contributed by atoms with Gasteiger partial charge in [0.25, 0.3) is 0 Å². The Morgan fingerprint density at radius 2 is 2.23 bits per heavy atom. The van der Waals surface area contributed by atoms with Crippen molar-refractivity contribution in [2.75, 3.05) is 6.54 Å². The van der Waals surface area contributed by atoms with Gasteiger partial charge in [-0.3, -0.25) is 5.41 Å². The van der Waals surface area contributed by atoms with Gasteiger partial charge in [0.1, 0.15) is 5.84 Å². The van der Waals surface area contributed by atoms with Crippen LogP contribution in [0, 0.1) is 5.41 Å². The van der Waals surface area contributed by atoms with E-state index < -0.39 is 0 Å². The fraction of sp³-hybridized carbons (Fsp3) is 0.300. The number of hydrogen-bond donors (Lipinski definition) is 3. The van der Waals surface area contributed by atoms with E-state index in [0.717, 1.165) is 25.1 Å². The minimum atomic E-state index is 0.154. The zero-order valence-electron chi connectivity index (χ0n) is 7.43. The summed E-state index contributed by atoms with van der Waals surface area (Å²) in [6.45, 7) is 1.96. The largest absolute Gasteiger partial charge is 0.384 e. The molecule has 13 heavy (non-hydrogen) atoms. The summed E-state index contributed by atoms with van der Waals surface area (Å²) in [6.07, 6.45) is 1.04. The van der Waals surface area contributed by atoms with Gasteiger partial charge in [0, 0.05) is 12.1 Å². The predicted molar refractivity (Wildman–Crippen MR) is 52.9 cm³/mol. The van der Waals surface area contributed by atoms with Crippen LogP contribution in [0.15, 0.2) is 18.2 Å². The summed E-state index contributed by atoms with van der Waals surface area (Å²) in [5.74, 6) is 0.154. The summed E-state index contributed by atoms with van der Waals surface area (Å²) in [7, 11) is 0. The molecule has 1 aliphatic heterocycles. The quantitative estimate of drug-likeness (QED) is 0.432. The Bertz CT molecular complexity index is 344. The van der Waals surface area contributed by atoms with Gasteiger partial charge in [-0.25, -0.2) is 0 Å². The summed E-state index contributed by atoms with van der Waals surface area (Å²) in [5.41, 5.74) is 8.90. The molecule has 0 atom stereocenters. The van der Waals surface area contributed by atoms with E-state index in [0.29, 0.717) is 0 Å². The fourth-order valence-corrected chi connectivity index (χ4v) is 1.64. The Balaban J connectivity index is 2.40. The van der Waals surface area contributed by atoms with Crippen LogP contribution in [0.5, 0.6) is 0 Å². The van der Waals surface area contributed by atoms with Gasteiger partial charge in [-0.05, 0) is 30.2 Å². The molecule has 0 spiro atoms. The lowest BCUT2D eigenvalue weighted by atomic mass is 9.98. The highest BCUT2D eigenvalue weighted by atomic mass is 14.9. The van der Waals surface area contributed by atoms with Gasteiger partial charge in [-0.2, -0.15) is 0 Å². The van der Waals surface area contributed by atoms with Crippen LogP contribution in [0.4, 0.5) is 0 Å². The highest BCUT2D eigenvalue weighted by Gasteiger charge is 2.09. The SMILES string of the molecule is N=C(N)c1ccc2c(c1)CCNC2. The lowest BCUT2D eigenvalue weighted by Crippen LogP contribution is -2.24. The Hall–Kier alpha value is -1.35. The lowest BCUT2D eigenvalue weighted by Gasteiger charge is -2.17. The van der Waals surface area contributed by atoms with Crippen molar-refractivity contribution in [3.8, 4) is 0 Å². The number of nitrogens with two attached hydrogens (primary N) is 1. The van der Waals surface area contributed by atoms with Crippen LogP contribution in [0.3, 0.4) is 0 Å². The molecule has 0 saturated heterocycles. The van der Waals surface area contributed by atoms with Crippen LogP contribution in [0.2, 0.25) is 0 Å². The van der Waals surface area contributed by atoms with Crippen LogP contribution >= 0.6 is 0 Å². The maximum absolute atomic E-state index is 7.31. The van der Waals surface area contributed by atoms with E-state index in [-0.39, 0.29) is 5.84 Å². The van der Waals surface area contributed by atoms with Gasteiger partial charge < -0.3 is 11.1 Å². The highest BCUT2D eigenvalue weighted by Crippen LogP contribution is 2.15. The topological polar surface area (TPSA) is 61.9 Å². The number of benzene rings is 1. The molecular formula is C10H13N3. The Morgan fingerprint density at radius 3 is 3.00 bits per heavy atom. The average Bonchev–Trinajstić information content (AvgIpc) is 2.17. The maximum Gasteiger partial charge on any atom is 0.122 e.